The van der Waals surface area contributed by atoms with E-state index in [1.54, 1.807) is 0 Å². The second kappa shape index (κ2) is 1.84. The van der Waals surface area contributed by atoms with Gasteiger partial charge in [0.15, 0.2) is 6.10 Å². The molecule has 0 radical (unpaired) electrons. The number of hydrogen-bond acceptors (Lipinski definition) is 3. The first-order valence-corrected chi connectivity index (χ1v) is 2.51. The van der Waals surface area contributed by atoms with E-state index in [-0.39, 0.29) is 0 Å². The van der Waals surface area contributed by atoms with Gasteiger partial charge in [-0.2, -0.15) is 18.1 Å². The second-order valence-electron chi connectivity index (χ2n) is 2.01. The zero-order valence-electron chi connectivity index (χ0n) is 4.97. The van der Waals surface area contributed by atoms with Crippen LogP contribution in [0.4, 0.5) is 13.2 Å². The molecule has 1 N–H and O–H groups in total. The monoisotopic (exact) mass is 158 g/mol. The topological polar surface area (TPSA) is 38.7 Å². The van der Waals surface area contributed by atoms with Crippen molar-refractivity contribution in [3.05, 3.63) is 0 Å². The van der Waals surface area contributed by atoms with Crippen LogP contribution in [0, 0.1) is 0 Å². The largest absolute Gasteiger partial charge is 0.417 e. The Bertz CT molecular complexity index is 145. The molecule has 2 unspecified atom stereocenters. The average molecular weight is 158 g/mol. The maximum atomic E-state index is 12.5. The summed E-state index contributed by atoms with van der Waals surface area (Å²) in [6, 6.07) is 0. The maximum Gasteiger partial charge on any atom is 0.417 e. The molecule has 0 aliphatic carbocycles. The number of halogens is 3. The third-order valence-corrected chi connectivity index (χ3v) is 1.25. The first kappa shape index (κ1) is 7.77. The highest BCUT2D eigenvalue weighted by atomic mass is 19.3. The SMILES string of the molecule is CC1OOC1(F)C(O)(F)F. The fourth-order valence-electron chi connectivity index (χ4n) is 0.524. The summed E-state index contributed by atoms with van der Waals surface area (Å²) in [5.74, 6) is -3.38. The molecule has 0 aromatic heterocycles. The Morgan fingerprint density at radius 1 is 1.60 bits per heavy atom. The van der Waals surface area contributed by atoms with E-state index in [4.69, 9.17) is 5.11 Å². The molecular weight excluding hydrogens is 153 g/mol. The molecule has 1 fully saturated rings. The molecule has 0 aromatic rings. The first-order chi connectivity index (χ1) is 4.38. The summed E-state index contributed by atoms with van der Waals surface area (Å²) in [6.07, 6.45) is -5.96. The van der Waals surface area contributed by atoms with Crippen molar-refractivity contribution in [3.63, 3.8) is 0 Å². The van der Waals surface area contributed by atoms with Crippen molar-refractivity contribution in [2.24, 2.45) is 0 Å². The van der Waals surface area contributed by atoms with Crippen molar-refractivity contribution in [1.82, 2.24) is 0 Å². The highest BCUT2D eigenvalue weighted by molar-refractivity contribution is 4.86. The molecule has 1 saturated heterocycles. The molecule has 0 aromatic carbocycles. The van der Waals surface area contributed by atoms with Crippen LogP contribution in [-0.4, -0.2) is 23.2 Å². The van der Waals surface area contributed by atoms with Crippen LogP contribution < -0.4 is 0 Å². The van der Waals surface area contributed by atoms with Crippen molar-refractivity contribution in [3.8, 4) is 0 Å². The molecule has 6 heteroatoms. The zero-order valence-corrected chi connectivity index (χ0v) is 4.97. The van der Waals surface area contributed by atoms with Gasteiger partial charge in [-0.25, -0.2) is 4.89 Å². The smallest absolute Gasteiger partial charge is 0.332 e. The molecule has 1 aliphatic heterocycles. The lowest BCUT2D eigenvalue weighted by Crippen LogP contribution is -2.62. The number of aliphatic hydroxyl groups is 1. The van der Waals surface area contributed by atoms with E-state index in [0.29, 0.717) is 0 Å². The van der Waals surface area contributed by atoms with Crippen molar-refractivity contribution in [1.29, 1.82) is 0 Å². The van der Waals surface area contributed by atoms with Gasteiger partial charge in [-0.15, -0.1) is 0 Å². The highest BCUT2D eigenvalue weighted by Crippen LogP contribution is 2.42. The Kier molecular flexibility index (Phi) is 1.43. The van der Waals surface area contributed by atoms with Gasteiger partial charge in [-0.3, -0.25) is 0 Å². The van der Waals surface area contributed by atoms with Crippen molar-refractivity contribution >= 4 is 0 Å². The third-order valence-electron chi connectivity index (χ3n) is 1.25. The van der Waals surface area contributed by atoms with Crippen LogP contribution in [0.2, 0.25) is 0 Å². The van der Waals surface area contributed by atoms with Crippen LogP contribution in [0.5, 0.6) is 0 Å². The molecule has 1 aliphatic rings. The normalized spacial score (nSPS) is 41.1. The van der Waals surface area contributed by atoms with Crippen LogP contribution in [0.3, 0.4) is 0 Å². The predicted octanol–water partition coefficient (Wildman–Crippen LogP) is 0.588. The maximum absolute atomic E-state index is 12.5. The lowest BCUT2D eigenvalue weighted by Gasteiger charge is -2.39. The third kappa shape index (κ3) is 0.799. The number of hydrogen-bond donors (Lipinski definition) is 1. The second-order valence-corrected chi connectivity index (χ2v) is 2.01. The Morgan fingerprint density at radius 3 is 2.10 bits per heavy atom. The standard InChI is InChI=1S/C4H5F3O3/c1-2-3(5,10-9-2)4(6,7)8/h2,8H,1H3. The minimum atomic E-state index is -4.51. The predicted molar refractivity (Wildman–Crippen MR) is 22.6 cm³/mol. The molecule has 10 heavy (non-hydrogen) atoms. The van der Waals surface area contributed by atoms with Gasteiger partial charge in [-0.05, 0) is 6.92 Å². The van der Waals surface area contributed by atoms with E-state index in [0.717, 1.165) is 6.92 Å². The fraction of sp³-hybridized carbons (Fsp3) is 1.00. The molecular formula is C4H5F3O3. The number of alkyl halides is 3. The minimum Gasteiger partial charge on any atom is -0.332 e. The summed E-state index contributed by atoms with van der Waals surface area (Å²) in [4.78, 5) is 7.29. The van der Waals surface area contributed by atoms with Gasteiger partial charge in [0.2, 0.25) is 0 Å². The summed E-state index contributed by atoms with van der Waals surface area (Å²) in [5.41, 5.74) is 0. The highest BCUT2D eigenvalue weighted by Gasteiger charge is 2.67. The van der Waals surface area contributed by atoms with Crippen LogP contribution in [0.25, 0.3) is 0 Å². The summed E-state index contributed by atoms with van der Waals surface area (Å²) >= 11 is 0. The van der Waals surface area contributed by atoms with Gasteiger partial charge < -0.3 is 5.11 Å². The van der Waals surface area contributed by atoms with Crippen molar-refractivity contribution in [2.75, 3.05) is 0 Å². The lowest BCUT2D eigenvalue weighted by molar-refractivity contribution is -0.598. The molecule has 0 spiro atoms. The first-order valence-electron chi connectivity index (χ1n) is 2.51. The van der Waals surface area contributed by atoms with E-state index in [9.17, 15) is 13.2 Å². The van der Waals surface area contributed by atoms with Crippen LogP contribution in [0.1, 0.15) is 6.92 Å². The van der Waals surface area contributed by atoms with Crippen molar-refractivity contribution < 1.29 is 28.1 Å². The van der Waals surface area contributed by atoms with E-state index in [2.05, 4.69) is 9.78 Å². The summed E-state index contributed by atoms with van der Waals surface area (Å²) < 4.78 is 36.0. The molecule has 60 valence electrons. The summed E-state index contributed by atoms with van der Waals surface area (Å²) in [5, 5.41) is 7.85. The summed E-state index contributed by atoms with van der Waals surface area (Å²) in [7, 11) is 0. The van der Waals surface area contributed by atoms with E-state index < -0.39 is 18.1 Å². The lowest BCUT2D eigenvalue weighted by atomic mass is 10.1. The molecule has 2 atom stereocenters. The van der Waals surface area contributed by atoms with Gasteiger partial charge in [0.1, 0.15) is 0 Å². The molecule has 1 heterocycles. The molecule has 0 bridgehead atoms. The Hall–Kier alpha value is -0.330. The summed E-state index contributed by atoms with van der Waals surface area (Å²) in [6.45, 7) is 1.02. The Labute approximate surface area is 54.3 Å². The van der Waals surface area contributed by atoms with Gasteiger partial charge in [0.25, 0.3) is 0 Å². The van der Waals surface area contributed by atoms with Gasteiger partial charge >= 0.3 is 12.0 Å². The minimum absolute atomic E-state index is 1.02. The van der Waals surface area contributed by atoms with Crippen LogP contribution >= 0.6 is 0 Å². The van der Waals surface area contributed by atoms with Gasteiger partial charge in [0.05, 0.1) is 0 Å². The van der Waals surface area contributed by atoms with Gasteiger partial charge in [0, 0.05) is 0 Å². The fourth-order valence-corrected chi connectivity index (χ4v) is 0.524. The molecule has 0 saturated carbocycles. The van der Waals surface area contributed by atoms with Crippen molar-refractivity contribution in [2.45, 2.75) is 25.0 Å². The molecule has 0 amide bonds. The Balaban J connectivity index is 2.70. The van der Waals surface area contributed by atoms with Crippen LogP contribution in [-0.2, 0) is 9.78 Å². The van der Waals surface area contributed by atoms with E-state index in [1.165, 1.54) is 0 Å². The molecule has 1 rings (SSSR count). The zero-order chi connectivity index (χ0) is 7.99. The quantitative estimate of drug-likeness (QED) is 0.567. The Morgan fingerprint density at radius 2 is 2.10 bits per heavy atom. The van der Waals surface area contributed by atoms with E-state index >= 15 is 0 Å². The van der Waals surface area contributed by atoms with E-state index in [1.807, 2.05) is 0 Å². The van der Waals surface area contributed by atoms with Crippen LogP contribution in [0.15, 0.2) is 0 Å². The number of rotatable bonds is 1. The average Bonchev–Trinajstić information content (AvgIpc) is 1.80. The van der Waals surface area contributed by atoms with Gasteiger partial charge in [-0.1, -0.05) is 0 Å². The molecule has 3 nitrogen and oxygen atoms in total.